The van der Waals surface area contributed by atoms with E-state index >= 15 is 0 Å². The van der Waals surface area contributed by atoms with E-state index in [4.69, 9.17) is 0 Å². The Kier molecular flexibility index (Phi) is 3.18. The average Bonchev–Trinajstić information content (AvgIpc) is 2.29. The van der Waals surface area contributed by atoms with Gasteiger partial charge in [0, 0.05) is 0 Å². The molecule has 0 amide bonds. The second kappa shape index (κ2) is 4.80. The second-order valence-electron chi connectivity index (χ2n) is 3.74. The molecular weight excluding hydrogens is 168 g/mol. The summed E-state index contributed by atoms with van der Waals surface area (Å²) in [4.78, 5) is 0. The van der Waals surface area contributed by atoms with Crippen molar-refractivity contribution in [1.82, 2.24) is 0 Å². The van der Waals surface area contributed by atoms with Gasteiger partial charge in [0.15, 0.2) is 0 Å². The molecule has 0 atom stereocenters. The molecule has 0 saturated carbocycles. The lowest BCUT2D eigenvalue weighted by Crippen LogP contribution is -1.89. The van der Waals surface area contributed by atoms with Crippen LogP contribution in [-0.4, -0.2) is 0 Å². The van der Waals surface area contributed by atoms with E-state index in [-0.39, 0.29) is 0 Å². The standard InChI is InChI=1S/C14H16/c1-3-7-13(8-4-1)11-12-14-9-5-2-6-10-14/h1,3-5,7-10H,2,6,11-12H2. The predicted octanol–water partition coefficient (Wildman–Crippen LogP) is 3.90. The van der Waals surface area contributed by atoms with Crippen LogP contribution >= 0.6 is 0 Å². The zero-order chi connectivity index (χ0) is 9.64. The fraction of sp³-hybridized carbons (Fsp3) is 0.286. The maximum absolute atomic E-state index is 2.36. The third-order valence-electron chi connectivity index (χ3n) is 2.62. The quantitative estimate of drug-likeness (QED) is 0.668. The van der Waals surface area contributed by atoms with Gasteiger partial charge in [-0.2, -0.15) is 0 Å². The molecule has 0 radical (unpaired) electrons. The number of allylic oxidation sites excluding steroid dienone is 4. The normalized spacial score (nSPS) is 15.3. The molecule has 0 heterocycles. The first kappa shape index (κ1) is 9.26. The van der Waals surface area contributed by atoms with Gasteiger partial charge in [-0.05, 0) is 31.2 Å². The number of rotatable bonds is 3. The van der Waals surface area contributed by atoms with Crippen LogP contribution in [0.2, 0.25) is 0 Å². The molecular formula is C14H16. The van der Waals surface area contributed by atoms with Gasteiger partial charge in [-0.3, -0.25) is 0 Å². The largest absolute Gasteiger partial charge is 0.0840 e. The van der Waals surface area contributed by atoms with Gasteiger partial charge < -0.3 is 0 Å². The molecule has 0 bridgehead atoms. The van der Waals surface area contributed by atoms with Crippen molar-refractivity contribution in [2.24, 2.45) is 0 Å². The number of benzene rings is 1. The van der Waals surface area contributed by atoms with Crippen LogP contribution in [0.3, 0.4) is 0 Å². The molecule has 0 aliphatic heterocycles. The summed E-state index contributed by atoms with van der Waals surface area (Å²) in [5.41, 5.74) is 2.94. The second-order valence-corrected chi connectivity index (χ2v) is 3.74. The summed E-state index contributed by atoms with van der Waals surface area (Å²) in [5.74, 6) is 0. The summed E-state index contributed by atoms with van der Waals surface area (Å²) in [7, 11) is 0. The molecule has 0 unspecified atom stereocenters. The molecule has 0 nitrogen and oxygen atoms in total. The first-order valence-electron chi connectivity index (χ1n) is 5.34. The molecule has 72 valence electrons. The fourth-order valence-electron chi connectivity index (χ4n) is 1.79. The van der Waals surface area contributed by atoms with Gasteiger partial charge in [-0.1, -0.05) is 54.1 Å². The molecule has 0 N–H and O–H groups in total. The maximum atomic E-state index is 2.36. The van der Waals surface area contributed by atoms with E-state index in [0.717, 1.165) is 6.42 Å². The highest BCUT2D eigenvalue weighted by atomic mass is 14.0. The van der Waals surface area contributed by atoms with Gasteiger partial charge in [-0.15, -0.1) is 0 Å². The highest BCUT2D eigenvalue weighted by molar-refractivity contribution is 5.24. The number of aryl methyl sites for hydroxylation is 1. The van der Waals surface area contributed by atoms with E-state index in [1.807, 2.05) is 0 Å². The monoisotopic (exact) mass is 184 g/mol. The predicted molar refractivity (Wildman–Crippen MR) is 61.2 cm³/mol. The lowest BCUT2D eigenvalue weighted by atomic mass is 10.00. The Bertz CT molecular complexity index is 330. The van der Waals surface area contributed by atoms with Gasteiger partial charge in [0.2, 0.25) is 0 Å². The summed E-state index contributed by atoms with van der Waals surface area (Å²) in [5, 5.41) is 0. The van der Waals surface area contributed by atoms with Crippen LogP contribution in [0.5, 0.6) is 0 Å². The van der Waals surface area contributed by atoms with Crippen LogP contribution in [0.4, 0.5) is 0 Å². The molecule has 0 aromatic heterocycles. The van der Waals surface area contributed by atoms with Crippen molar-refractivity contribution in [3.8, 4) is 0 Å². The zero-order valence-corrected chi connectivity index (χ0v) is 8.45. The molecule has 1 aliphatic carbocycles. The van der Waals surface area contributed by atoms with Gasteiger partial charge >= 0.3 is 0 Å². The SMILES string of the molecule is C1=CC(CCc2ccccc2)=CCC1. The molecule has 0 fully saturated rings. The topological polar surface area (TPSA) is 0 Å². The first-order valence-corrected chi connectivity index (χ1v) is 5.34. The molecule has 0 saturated heterocycles. The molecule has 1 aromatic rings. The van der Waals surface area contributed by atoms with Gasteiger partial charge in [0.25, 0.3) is 0 Å². The van der Waals surface area contributed by atoms with Gasteiger partial charge in [0.05, 0.1) is 0 Å². The minimum absolute atomic E-state index is 1.16. The van der Waals surface area contributed by atoms with Crippen molar-refractivity contribution in [2.75, 3.05) is 0 Å². The summed E-state index contributed by atoms with van der Waals surface area (Å²) in [6, 6.07) is 10.7. The molecule has 1 aromatic carbocycles. The van der Waals surface area contributed by atoms with Crippen molar-refractivity contribution in [1.29, 1.82) is 0 Å². The van der Waals surface area contributed by atoms with Gasteiger partial charge in [0.1, 0.15) is 0 Å². The van der Waals surface area contributed by atoms with Crippen molar-refractivity contribution >= 4 is 0 Å². The van der Waals surface area contributed by atoms with Gasteiger partial charge in [-0.25, -0.2) is 0 Å². The Labute approximate surface area is 86.0 Å². The van der Waals surface area contributed by atoms with Crippen LogP contribution in [0.1, 0.15) is 24.8 Å². The van der Waals surface area contributed by atoms with Crippen LogP contribution in [0.25, 0.3) is 0 Å². The smallest absolute Gasteiger partial charge is 0.0238 e. The molecule has 14 heavy (non-hydrogen) atoms. The molecule has 0 heteroatoms. The van der Waals surface area contributed by atoms with Crippen molar-refractivity contribution in [3.63, 3.8) is 0 Å². The van der Waals surface area contributed by atoms with E-state index in [2.05, 4.69) is 48.6 Å². The number of hydrogen-bond acceptors (Lipinski definition) is 0. The Morgan fingerprint density at radius 3 is 2.50 bits per heavy atom. The van der Waals surface area contributed by atoms with Crippen LogP contribution in [0.15, 0.2) is 54.1 Å². The Morgan fingerprint density at radius 2 is 1.79 bits per heavy atom. The summed E-state index contributed by atoms with van der Waals surface area (Å²) < 4.78 is 0. The lowest BCUT2D eigenvalue weighted by Gasteiger charge is -2.06. The molecule has 0 spiro atoms. The third-order valence-corrected chi connectivity index (χ3v) is 2.62. The van der Waals surface area contributed by atoms with E-state index < -0.39 is 0 Å². The van der Waals surface area contributed by atoms with E-state index in [0.29, 0.717) is 0 Å². The van der Waals surface area contributed by atoms with E-state index in [9.17, 15) is 0 Å². The van der Waals surface area contributed by atoms with Crippen LogP contribution in [0, 0.1) is 0 Å². The minimum atomic E-state index is 1.16. The van der Waals surface area contributed by atoms with Crippen molar-refractivity contribution < 1.29 is 0 Å². The maximum Gasteiger partial charge on any atom is -0.0238 e. The molecule has 1 aliphatic rings. The number of hydrogen-bond donors (Lipinski definition) is 0. The summed E-state index contributed by atoms with van der Waals surface area (Å²) >= 11 is 0. The zero-order valence-electron chi connectivity index (χ0n) is 8.45. The molecule has 2 rings (SSSR count). The van der Waals surface area contributed by atoms with Crippen LogP contribution < -0.4 is 0 Å². The Morgan fingerprint density at radius 1 is 0.929 bits per heavy atom. The fourth-order valence-corrected chi connectivity index (χ4v) is 1.79. The third kappa shape index (κ3) is 2.59. The lowest BCUT2D eigenvalue weighted by molar-refractivity contribution is 0.920. The summed E-state index contributed by atoms with van der Waals surface area (Å²) in [6.07, 6.45) is 11.7. The summed E-state index contributed by atoms with van der Waals surface area (Å²) in [6.45, 7) is 0. The minimum Gasteiger partial charge on any atom is -0.0840 e. The highest BCUT2D eigenvalue weighted by Crippen LogP contribution is 2.15. The highest BCUT2D eigenvalue weighted by Gasteiger charge is 1.98. The van der Waals surface area contributed by atoms with Crippen molar-refractivity contribution in [2.45, 2.75) is 25.7 Å². The van der Waals surface area contributed by atoms with Crippen molar-refractivity contribution in [3.05, 3.63) is 59.7 Å². The Hall–Kier alpha value is -1.30. The van der Waals surface area contributed by atoms with E-state index in [1.165, 1.54) is 30.4 Å². The first-order chi connectivity index (χ1) is 6.95. The van der Waals surface area contributed by atoms with E-state index in [1.54, 1.807) is 0 Å². The average molecular weight is 184 g/mol. The van der Waals surface area contributed by atoms with Crippen LogP contribution in [-0.2, 0) is 6.42 Å². The Balaban J connectivity index is 1.88.